The largest absolute Gasteiger partial charge is 0.334 e. The van der Waals surface area contributed by atoms with E-state index in [9.17, 15) is 9.59 Å². The average molecular weight is 459 g/mol. The summed E-state index contributed by atoms with van der Waals surface area (Å²) in [5.74, 6) is 0.0220. The molecule has 7 heteroatoms. The van der Waals surface area contributed by atoms with E-state index in [0.717, 1.165) is 10.4 Å². The molecule has 3 rings (SSSR count). The molecule has 0 atom stereocenters. The third kappa shape index (κ3) is 5.80. The van der Waals surface area contributed by atoms with Gasteiger partial charge in [-0.15, -0.1) is 11.3 Å². The Kier molecular flexibility index (Phi) is 7.50. The van der Waals surface area contributed by atoms with Gasteiger partial charge in [-0.2, -0.15) is 0 Å². The highest BCUT2D eigenvalue weighted by atomic mass is 32.2. The lowest BCUT2D eigenvalue weighted by atomic mass is 10.0. The molecule has 0 saturated carbocycles. The number of benzene rings is 1. The van der Waals surface area contributed by atoms with Crippen molar-refractivity contribution in [1.82, 2.24) is 9.80 Å². The average Bonchev–Trinajstić information content (AvgIpc) is 3.29. The highest BCUT2D eigenvalue weighted by molar-refractivity contribution is 8.26. The summed E-state index contributed by atoms with van der Waals surface area (Å²) in [5.41, 5.74) is 0.828. The lowest BCUT2D eigenvalue weighted by molar-refractivity contribution is -0.137. The van der Waals surface area contributed by atoms with E-state index in [1.165, 1.54) is 11.8 Å². The molecule has 1 aliphatic heterocycles. The minimum atomic E-state index is -0.280. The summed E-state index contributed by atoms with van der Waals surface area (Å²) in [6.45, 7) is 7.18. The molecule has 0 bridgehead atoms. The van der Waals surface area contributed by atoms with Gasteiger partial charge in [-0.05, 0) is 50.3 Å². The second-order valence-corrected chi connectivity index (χ2v) is 10.7. The molecule has 1 saturated heterocycles. The lowest BCUT2D eigenvalue weighted by Gasteiger charge is -2.36. The molecule has 0 radical (unpaired) electrons. The topological polar surface area (TPSA) is 40.6 Å². The first kappa shape index (κ1) is 22.7. The number of carbonyl (C=O) groups is 2. The molecule has 2 heterocycles. The van der Waals surface area contributed by atoms with Gasteiger partial charge in [0.15, 0.2) is 0 Å². The Hall–Kier alpha value is -1.96. The predicted octanol–water partition coefficient (Wildman–Crippen LogP) is 5.56. The van der Waals surface area contributed by atoms with E-state index in [-0.39, 0.29) is 17.4 Å². The van der Waals surface area contributed by atoms with Crippen LogP contribution in [-0.2, 0) is 16.1 Å². The monoisotopic (exact) mass is 458 g/mol. The summed E-state index contributed by atoms with van der Waals surface area (Å²) < 4.78 is 0.562. The van der Waals surface area contributed by atoms with E-state index in [0.29, 0.717) is 35.2 Å². The van der Waals surface area contributed by atoms with Gasteiger partial charge in [0, 0.05) is 29.9 Å². The Morgan fingerprint density at radius 1 is 1.17 bits per heavy atom. The van der Waals surface area contributed by atoms with Crippen LogP contribution in [-0.4, -0.2) is 38.0 Å². The number of thioether (sulfide) groups is 1. The van der Waals surface area contributed by atoms with E-state index in [2.05, 4.69) is 0 Å². The number of rotatable bonds is 7. The second kappa shape index (κ2) is 9.90. The van der Waals surface area contributed by atoms with Gasteiger partial charge in [0.05, 0.1) is 4.91 Å². The minimum absolute atomic E-state index is 0.0668. The summed E-state index contributed by atoms with van der Waals surface area (Å²) >= 11 is 8.32. The van der Waals surface area contributed by atoms with Crippen molar-refractivity contribution in [2.75, 3.05) is 6.54 Å². The molecule has 0 aliphatic carbocycles. The second-order valence-electron chi connectivity index (χ2n) is 8.09. The third-order valence-corrected chi connectivity index (χ3v) is 6.95. The van der Waals surface area contributed by atoms with Crippen LogP contribution in [0.4, 0.5) is 0 Å². The van der Waals surface area contributed by atoms with Gasteiger partial charge in [0.2, 0.25) is 5.91 Å². The standard InChI is InChI=1S/C23H26N2O2S3/c1-23(2,3)25(16-17-9-5-4-6-10-17)20(26)12-7-13-24-21(27)19(30-22(24)28)15-18-11-8-14-29-18/h4-6,8-11,14-15H,7,12-13,16H2,1-3H3/b19-15+. The fraction of sp³-hybridized carbons (Fsp3) is 0.348. The van der Waals surface area contributed by atoms with Crippen LogP contribution in [0, 0.1) is 0 Å². The van der Waals surface area contributed by atoms with E-state index in [1.807, 2.05) is 79.6 Å². The van der Waals surface area contributed by atoms with Crippen molar-refractivity contribution in [3.63, 3.8) is 0 Å². The molecule has 1 aliphatic rings. The number of hydrogen-bond donors (Lipinski definition) is 0. The van der Waals surface area contributed by atoms with Crippen molar-refractivity contribution in [3.05, 3.63) is 63.2 Å². The maximum atomic E-state index is 13.0. The van der Waals surface area contributed by atoms with Crippen molar-refractivity contribution in [3.8, 4) is 0 Å². The fourth-order valence-corrected chi connectivity index (χ4v) is 5.22. The Balaban J connectivity index is 1.58. The van der Waals surface area contributed by atoms with Gasteiger partial charge in [-0.25, -0.2) is 0 Å². The molecule has 2 amide bonds. The molecular weight excluding hydrogens is 432 g/mol. The predicted molar refractivity (Wildman–Crippen MR) is 130 cm³/mol. The number of thiophene rings is 1. The molecule has 1 aromatic heterocycles. The molecule has 1 aromatic carbocycles. The van der Waals surface area contributed by atoms with Gasteiger partial charge < -0.3 is 4.90 Å². The van der Waals surface area contributed by atoms with Crippen LogP contribution < -0.4 is 0 Å². The molecule has 0 unspecified atom stereocenters. The fourth-order valence-electron chi connectivity index (χ4n) is 3.18. The SMILES string of the molecule is CC(C)(C)N(Cc1ccccc1)C(=O)CCCN1C(=O)/C(=C\c2cccs2)SC1=S. The zero-order valence-corrected chi connectivity index (χ0v) is 19.9. The number of carbonyl (C=O) groups excluding carboxylic acids is 2. The van der Waals surface area contributed by atoms with E-state index in [4.69, 9.17) is 12.2 Å². The Morgan fingerprint density at radius 2 is 1.90 bits per heavy atom. The summed E-state index contributed by atoms with van der Waals surface area (Å²) in [7, 11) is 0. The summed E-state index contributed by atoms with van der Waals surface area (Å²) in [6.07, 6.45) is 2.85. The van der Waals surface area contributed by atoms with Gasteiger partial charge in [0.25, 0.3) is 5.91 Å². The first-order valence-electron chi connectivity index (χ1n) is 9.89. The zero-order valence-electron chi connectivity index (χ0n) is 17.5. The van der Waals surface area contributed by atoms with Crippen LogP contribution in [0.1, 0.15) is 44.1 Å². The van der Waals surface area contributed by atoms with Crippen LogP contribution in [0.25, 0.3) is 6.08 Å². The maximum Gasteiger partial charge on any atom is 0.266 e. The Labute approximate surface area is 192 Å². The number of amides is 2. The summed E-state index contributed by atoms with van der Waals surface area (Å²) in [6, 6.07) is 13.9. The quantitative estimate of drug-likeness (QED) is 0.402. The summed E-state index contributed by atoms with van der Waals surface area (Å²) in [4.78, 5) is 30.9. The van der Waals surface area contributed by atoms with Crippen molar-refractivity contribution < 1.29 is 9.59 Å². The molecule has 1 fully saturated rings. The van der Waals surface area contributed by atoms with Gasteiger partial charge in [-0.3, -0.25) is 14.5 Å². The highest BCUT2D eigenvalue weighted by Gasteiger charge is 2.32. The van der Waals surface area contributed by atoms with Crippen molar-refractivity contribution in [2.24, 2.45) is 0 Å². The van der Waals surface area contributed by atoms with E-state index in [1.54, 1.807) is 16.2 Å². The maximum absolute atomic E-state index is 13.0. The van der Waals surface area contributed by atoms with Crippen LogP contribution in [0.15, 0.2) is 52.7 Å². The normalized spacial score (nSPS) is 15.8. The molecular formula is C23H26N2O2S3. The smallest absolute Gasteiger partial charge is 0.266 e. The highest BCUT2D eigenvalue weighted by Crippen LogP contribution is 2.33. The molecule has 4 nitrogen and oxygen atoms in total. The number of nitrogens with zero attached hydrogens (tertiary/aromatic N) is 2. The first-order valence-corrected chi connectivity index (χ1v) is 12.0. The van der Waals surface area contributed by atoms with E-state index < -0.39 is 0 Å². The van der Waals surface area contributed by atoms with Gasteiger partial charge in [0.1, 0.15) is 4.32 Å². The Morgan fingerprint density at radius 3 is 2.53 bits per heavy atom. The third-order valence-electron chi connectivity index (χ3n) is 4.76. The van der Waals surface area contributed by atoms with Crippen molar-refractivity contribution in [1.29, 1.82) is 0 Å². The molecule has 0 N–H and O–H groups in total. The van der Waals surface area contributed by atoms with Crippen molar-refractivity contribution >= 4 is 57.5 Å². The molecule has 0 spiro atoms. The van der Waals surface area contributed by atoms with Gasteiger partial charge >= 0.3 is 0 Å². The first-order chi connectivity index (χ1) is 14.3. The van der Waals surface area contributed by atoms with Crippen LogP contribution in [0.3, 0.4) is 0 Å². The molecule has 30 heavy (non-hydrogen) atoms. The zero-order chi connectivity index (χ0) is 21.7. The number of hydrogen-bond acceptors (Lipinski definition) is 5. The summed E-state index contributed by atoms with van der Waals surface area (Å²) in [5, 5.41) is 1.98. The van der Waals surface area contributed by atoms with Crippen LogP contribution >= 0.6 is 35.3 Å². The molecule has 158 valence electrons. The van der Waals surface area contributed by atoms with Crippen LogP contribution in [0.2, 0.25) is 0 Å². The van der Waals surface area contributed by atoms with E-state index >= 15 is 0 Å². The minimum Gasteiger partial charge on any atom is -0.334 e. The molecule has 2 aromatic rings. The van der Waals surface area contributed by atoms with Gasteiger partial charge in [-0.1, -0.05) is 60.4 Å². The lowest BCUT2D eigenvalue weighted by Crippen LogP contribution is -2.45. The van der Waals surface area contributed by atoms with Crippen LogP contribution in [0.5, 0.6) is 0 Å². The van der Waals surface area contributed by atoms with Crippen molar-refractivity contribution in [2.45, 2.75) is 45.7 Å². The number of thiocarbonyl (C=S) groups is 1. The Bertz CT molecular complexity index is 931.